The zero-order valence-corrected chi connectivity index (χ0v) is 20.3. The molecular weight excluding hydrogens is 455 g/mol. The Hall–Kier alpha value is -1.97. The molecule has 0 atom stereocenters. The summed E-state index contributed by atoms with van der Waals surface area (Å²) in [6.45, 7) is 0. The van der Waals surface area contributed by atoms with Gasteiger partial charge in [0.25, 0.3) is 0 Å². The van der Waals surface area contributed by atoms with Gasteiger partial charge >= 0.3 is 0 Å². The van der Waals surface area contributed by atoms with E-state index in [0.29, 0.717) is 11.7 Å². The largest absolute Gasteiger partial charge is 0.290 e. The zero-order chi connectivity index (χ0) is 21.8. The minimum absolute atomic E-state index is 0.0960. The van der Waals surface area contributed by atoms with Gasteiger partial charge in [-0.05, 0) is 36.4 Å². The van der Waals surface area contributed by atoms with Crippen molar-refractivity contribution in [2.75, 3.05) is 6.16 Å². The van der Waals surface area contributed by atoms with E-state index >= 15 is 0 Å². The summed E-state index contributed by atoms with van der Waals surface area (Å²) in [5.41, 5.74) is 0.705. The summed E-state index contributed by atoms with van der Waals surface area (Å²) in [5, 5.41) is 3.18. The summed E-state index contributed by atoms with van der Waals surface area (Å²) in [6, 6.07) is 33.7. The quantitative estimate of drug-likeness (QED) is 0.184. The first kappa shape index (κ1) is 22.2. The van der Waals surface area contributed by atoms with Crippen LogP contribution in [0.4, 0.5) is 0 Å². The highest BCUT2D eigenvalue weighted by Gasteiger charge is 2.50. The third-order valence-electron chi connectivity index (χ3n) is 5.36. The number of carbonyl (C=O) groups is 1. The maximum atomic E-state index is 13.7. The fraction of sp³-hybridized carbons (Fsp3) is 0.0385. The zero-order valence-electron chi connectivity index (χ0n) is 16.7. The lowest BCUT2D eigenvalue weighted by atomic mass is 10.2. The van der Waals surface area contributed by atoms with Gasteiger partial charge in [0.15, 0.2) is 0 Å². The molecule has 1 nitrogen and oxygen atoms in total. The van der Waals surface area contributed by atoms with Gasteiger partial charge in [-0.1, -0.05) is 66.7 Å². The van der Waals surface area contributed by atoms with Crippen molar-refractivity contribution in [1.82, 2.24) is 0 Å². The van der Waals surface area contributed by atoms with Crippen LogP contribution in [0.1, 0.15) is 10.4 Å². The molecule has 0 fully saturated rings. The molecule has 0 aliphatic heterocycles. The smallest absolute Gasteiger partial charge is 0.201 e. The second-order valence-electron chi connectivity index (χ2n) is 7.22. The molecule has 0 bridgehead atoms. The maximum Gasteiger partial charge on any atom is 0.201 e. The van der Waals surface area contributed by atoms with Gasteiger partial charge in [-0.25, -0.2) is 0 Å². The molecule has 5 heteroatoms. The molecule has 0 unspecified atom stereocenters. The van der Waals surface area contributed by atoms with Crippen molar-refractivity contribution in [2.24, 2.45) is 0 Å². The van der Waals surface area contributed by atoms with Gasteiger partial charge in [-0.2, -0.15) is 0 Å². The molecule has 0 spiro atoms. The number of carbonyl (C=O) groups excluding carboxylic acids is 1. The Bertz CT molecular complexity index is 1110. The van der Waals surface area contributed by atoms with Crippen LogP contribution in [-0.2, 0) is 0 Å². The molecule has 0 aliphatic carbocycles. The number of rotatable bonds is 6. The lowest BCUT2D eigenvalue weighted by molar-refractivity contribution is 0.102. The molecule has 0 saturated carbocycles. The first-order valence-corrected chi connectivity index (χ1v) is 13.2. The lowest BCUT2D eigenvalue weighted by Gasteiger charge is -2.29. The number of hydrogen-bond acceptors (Lipinski definition) is 4. The van der Waals surface area contributed by atoms with E-state index in [1.54, 1.807) is 0 Å². The molecule has 0 N–H and O–H groups in total. The van der Waals surface area contributed by atoms with Gasteiger partial charge in [-0.3, -0.25) is 4.79 Å². The monoisotopic (exact) mass is 477 g/mol. The standard InChI is InChI=1S/C26H21OPS3/c27-20(19-10-2-1-3-11-19)18-28(21-12-4-7-15-24(21)29,22-13-5-8-16-25(22)30)23-14-6-9-17-26(23)31/h1-17H,18H2,(H2-,29,30,31)/p+1. The van der Waals surface area contributed by atoms with Crippen LogP contribution in [0.5, 0.6) is 0 Å². The molecule has 31 heavy (non-hydrogen) atoms. The summed E-state index contributed by atoms with van der Waals surface area (Å²) in [6.07, 6.45) is 0.337. The topological polar surface area (TPSA) is 17.1 Å². The van der Waals surface area contributed by atoms with Crippen LogP contribution < -0.4 is 15.9 Å². The van der Waals surface area contributed by atoms with Crippen LogP contribution in [0.25, 0.3) is 0 Å². The predicted molar refractivity (Wildman–Crippen MR) is 143 cm³/mol. The molecule has 4 aromatic rings. The van der Waals surface area contributed by atoms with Crippen molar-refractivity contribution in [3.05, 3.63) is 109 Å². The molecule has 0 amide bonds. The van der Waals surface area contributed by atoms with Crippen molar-refractivity contribution in [3.8, 4) is 0 Å². The normalized spacial score (nSPS) is 11.3. The van der Waals surface area contributed by atoms with E-state index in [-0.39, 0.29) is 5.78 Å². The molecule has 0 aromatic heterocycles. The van der Waals surface area contributed by atoms with Gasteiger partial charge in [0, 0.05) is 20.2 Å². The van der Waals surface area contributed by atoms with Crippen molar-refractivity contribution in [3.63, 3.8) is 0 Å². The van der Waals surface area contributed by atoms with Crippen molar-refractivity contribution < 1.29 is 4.79 Å². The maximum absolute atomic E-state index is 13.7. The third kappa shape index (κ3) is 4.36. The Morgan fingerprint density at radius 1 is 0.548 bits per heavy atom. The van der Waals surface area contributed by atoms with E-state index in [1.807, 2.05) is 84.9 Å². The Kier molecular flexibility index (Phi) is 6.93. The molecule has 4 rings (SSSR count). The Balaban J connectivity index is 2.07. The minimum Gasteiger partial charge on any atom is -0.290 e. The highest BCUT2D eigenvalue weighted by molar-refractivity contribution is 7.98. The summed E-state index contributed by atoms with van der Waals surface area (Å²) < 4.78 is 0. The van der Waals surface area contributed by atoms with E-state index in [4.69, 9.17) is 37.9 Å². The van der Waals surface area contributed by atoms with E-state index in [0.717, 1.165) is 30.6 Å². The van der Waals surface area contributed by atoms with Gasteiger partial charge in [0.05, 0.1) is 0 Å². The van der Waals surface area contributed by atoms with Gasteiger partial charge < -0.3 is 0 Å². The highest BCUT2D eigenvalue weighted by Crippen LogP contribution is 2.58. The second-order valence-corrected chi connectivity index (χ2v) is 12.0. The fourth-order valence-electron chi connectivity index (χ4n) is 3.94. The fourth-order valence-corrected chi connectivity index (χ4v) is 10.3. The van der Waals surface area contributed by atoms with Crippen LogP contribution in [0.15, 0.2) is 118 Å². The third-order valence-corrected chi connectivity index (χ3v) is 11.5. The molecule has 4 aromatic carbocycles. The van der Waals surface area contributed by atoms with Crippen LogP contribution >= 0.6 is 45.1 Å². The summed E-state index contributed by atoms with van der Waals surface area (Å²) >= 11 is 14.5. The summed E-state index contributed by atoms with van der Waals surface area (Å²) in [4.78, 5) is 16.3. The minimum atomic E-state index is -2.47. The number of ketones is 1. The SMILES string of the molecule is O=C(C[P+](c1ccccc1S)(c1ccccc1S)c1ccccc1S)c1ccccc1. The van der Waals surface area contributed by atoms with Crippen LogP contribution in [0, 0.1) is 0 Å². The molecule has 0 heterocycles. The molecule has 0 aliphatic rings. The average molecular weight is 478 g/mol. The summed E-state index contributed by atoms with van der Waals surface area (Å²) in [5.74, 6) is 0.0960. The van der Waals surface area contributed by atoms with Crippen molar-refractivity contribution in [1.29, 1.82) is 0 Å². The Labute approximate surface area is 200 Å². The molecule has 154 valence electrons. The van der Waals surface area contributed by atoms with E-state index < -0.39 is 7.26 Å². The first-order chi connectivity index (χ1) is 15.0. The van der Waals surface area contributed by atoms with Crippen LogP contribution in [-0.4, -0.2) is 11.9 Å². The summed E-state index contributed by atoms with van der Waals surface area (Å²) in [7, 11) is -2.47. The van der Waals surface area contributed by atoms with Crippen molar-refractivity contribution >= 4 is 66.8 Å². The molecule has 0 saturated heterocycles. The average Bonchev–Trinajstić information content (AvgIpc) is 2.79. The Morgan fingerprint density at radius 3 is 1.29 bits per heavy atom. The highest BCUT2D eigenvalue weighted by atomic mass is 32.1. The first-order valence-electron chi connectivity index (χ1n) is 9.86. The van der Waals surface area contributed by atoms with E-state index in [9.17, 15) is 4.79 Å². The van der Waals surface area contributed by atoms with Gasteiger partial charge in [-0.15, -0.1) is 37.9 Å². The van der Waals surface area contributed by atoms with Gasteiger partial charge in [0.2, 0.25) is 5.78 Å². The lowest BCUT2D eigenvalue weighted by Crippen LogP contribution is -2.37. The van der Waals surface area contributed by atoms with E-state index in [2.05, 4.69) is 18.2 Å². The number of hydrogen-bond donors (Lipinski definition) is 3. The molecular formula is C26H22OPS3+. The van der Waals surface area contributed by atoms with Gasteiger partial charge in [0.1, 0.15) is 29.3 Å². The van der Waals surface area contributed by atoms with Crippen molar-refractivity contribution in [2.45, 2.75) is 14.7 Å². The second kappa shape index (κ2) is 9.67. The number of Topliss-reactive ketones (excluding diaryl/α,β-unsaturated/α-hetero) is 1. The molecule has 0 radical (unpaired) electrons. The van der Waals surface area contributed by atoms with Crippen LogP contribution in [0.2, 0.25) is 0 Å². The predicted octanol–water partition coefficient (Wildman–Crippen LogP) is 5.73. The Morgan fingerprint density at radius 2 is 0.903 bits per heavy atom. The number of benzene rings is 4. The van der Waals surface area contributed by atoms with E-state index in [1.165, 1.54) is 0 Å². The van der Waals surface area contributed by atoms with Crippen LogP contribution in [0.3, 0.4) is 0 Å². The number of thiol groups is 3.